The Hall–Kier alpha value is -3.02. The van der Waals surface area contributed by atoms with Crippen molar-refractivity contribution in [1.82, 2.24) is 15.8 Å². The number of guanidine groups is 1. The molecule has 1 heterocycles. The molecule has 0 aliphatic heterocycles. The molecular formula is C22H28N4O2. The van der Waals surface area contributed by atoms with Crippen LogP contribution in [0.4, 0.5) is 0 Å². The minimum atomic E-state index is 0.544. The van der Waals surface area contributed by atoms with Gasteiger partial charge in [0.15, 0.2) is 5.96 Å². The lowest BCUT2D eigenvalue weighted by Gasteiger charge is -2.13. The topological polar surface area (TPSA) is 71.7 Å². The number of hydrogen-bond donors (Lipinski definition) is 2. The second-order valence-electron chi connectivity index (χ2n) is 6.42. The minimum Gasteiger partial charge on any atom is -0.491 e. The number of aromatic nitrogens is 1. The second-order valence-corrected chi connectivity index (χ2v) is 6.42. The third-order valence-electron chi connectivity index (χ3n) is 4.66. The summed E-state index contributed by atoms with van der Waals surface area (Å²) < 4.78 is 11.4. The minimum absolute atomic E-state index is 0.544. The third kappa shape index (κ3) is 4.63. The van der Waals surface area contributed by atoms with Crippen molar-refractivity contribution in [3.63, 3.8) is 0 Å². The summed E-state index contributed by atoms with van der Waals surface area (Å²) in [5, 5.41) is 13.1. The first-order valence-electron chi connectivity index (χ1n) is 9.78. The average Bonchev–Trinajstić information content (AvgIpc) is 3.15. The molecule has 1 aromatic heterocycles. The van der Waals surface area contributed by atoms with Gasteiger partial charge in [-0.25, -0.2) is 0 Å². The first kappa shape index (κ1) is 19.7. The predicted molar refractivity (Wildman–Crippen MR) is 113 cm³/mol. The maximum absolute atomic E-state index is 5.97. The first-order chi connectivity index (χ1) is 13.8. The van der Waals surface area contributed by atoms with Crippen molar-refractivity contribution < 1.29 is 9.26 Å². The van der Waals surface area contributed by atoms with E-state index in [1.807, 2.05) is 24.3 Å². The van der Waals surface area contributed by atoms with E-state index in [2.05, 4.69) is 52.8 Å². The molecule has 148 valence electrons. The maximum Gasteiger partial charge on any atom is 0.191 e. The van der Waals surface area contributed by atoms with Crippen molar-refractivity contribution in [3.05, 3.63) is 59.5 Å². The van der Waals surface area contributed by atoms with Gasteiger partial charge in [-0.2, -0.15) is 0 Å². The highest BCUT2D eigenvalue weighted by Gasteiger charge is 2.13. The van der Waals surface area contributed by atoms with Crippen LogP contribution >= 0.6 is 0 Å². The van der Waals surface area contributed by atoms with Gasteiger partial charge in [-0.05, 0) is 17.9 Å². The van der Waals surface area contributed by atoms with E-state index in [0.717, 1.165) is 47.0 Å². The van der Waals surface area contributed by atoms with Gasteiger partial charge in [0.25, 0.3) is 0 Å². The largest absolute Gasteiger partial charge is 0.491 e. The van der Waals surface area contributed by atoms with Crippen LogP contribution in [0.15, 0.2) is 52.0 Å². The lowest BCUT2D eigenvalue weighted by Crippen LogP contribution is -2.39. The van der Waals surface area contributed by atoms with Crippen LogP contribution in [0.2, 0.25) is 0 Å². The van der Waals surface area contributed by atoms with Crippen LogP contribution < -0.4 is 15.4 Å². The molecule has 0 saturated heterocycles. The fraction of sp³-hybridized carbons (Fsp3) is 0.364. The first-order valence-corrected chi connectivity index (χ1v) is 9.78. The van der Waals surface area contributed by atoms with Crippen LogP contribution in [-0.2, 0) is 19.4 Å². The van der Waals surface area contributed by atoms with E-state index in [0.29, 0.717) is 19.7 Å². The highest BCUT2D eigenvalue weighted by Crippen LogP contribution is 2.24. The number of hydrogen-bond acceptors (Lipinski definition) is 4. The van der Waals surface area contributed by atoms with Gasteiger partial charge in [-0.15, -0.1) is 0 Å². The zero-order valence-electron chi connectivity index (χ0n) is 16.8. The summed E-state index contributed by atoms with van der Waals surface area (Å²) in [6, 6.07) is 14.3. The summed E-state index contributed by atoms with van der Waals surface area (Å²) in [6.45, 7) is 5.98. The van der Waals surface area contributed by atoms with Crippen LogP contribution in [0.3, 0.4) is 0 Å². The van der Waals surface area contributed by atoms with Crippen molar-refractivity contribution >= 4 is 16.7 Å². The summed E-state index contributed by atoms with van der Waals surface area (Å²) in [5.74, 6) is 2.55. The molecule has 0 radical (unpaired) electrons. The monoisotopic (exact) mass is 380 g/mol. The van der Waals surface area contributed by atoms with Gasteiger partial charge in [-0.1, -0.05) is 55.4 Å². The van der Waals surface area contributed by atoms with Crippen LogP contribution in [-0.4, -0.2) is 31.3 Å². The highest BCUT2D eigenvalue weighted by molar-refractivity contribution is 5.88. The fourth-order valence-electron chi connectivity index (χ4n) is 3.18. The zero-order chi connectivity index (χ0) is 19.8. The van der Waals surface area contributed by atoms with Gasteiger partial charge >= 0.3 is 0 Å². The molecule has 0 amide bonds. The summed E-state index contributed by atoms with van der Waals surface area (Å²) in [7, 11) is 1.76. The van der Waals surface area contributed by atoms with E-state index in [-0.39, 0.29) is 0 Å². The maximum atomic E-state index is 5.97. The molecule has 0 aliphatic rings. The Balaban J connectivity index is 1.50. The van der Waals surface area contributed by atoms with Gasteiger partial charge in [-0.3, -0.25) is 4.99 Å². The lowest BCUT2D eigenvalue weighted by atomic mass is 10.1. The van der Waals surface area contributed by atoms with E-state index in [1.54, 1.807) is 7.05 Å². The molecule has 0 aliphatic carbocycles. The molecule has 0 bridgehead atoms. The smallest absolute Gasteiger partial charge is 0.191 e. The molecule has 0 spiro atoms. The molecule has 2 aromatic carbocycles. The van der Waals surface area contributed by atoms with Crippen molar-refractivity contribution in [1.29, 1.82) is 0 Å². The molecule has 0 fully saturated rings. The van der Waals surface area contributed by atoms with Gasteiger partial charge in [0.1, 0.15) is 18.1 Å². The number of aliphatic imine (C=N–C) groups is 1. The Morgan fingerprint density at radius 1 is 1.07 bits per heavy atom. The molecule has 0 saturated carbocycles. The van der Waals surface area contributed by atoms with Crippen molar-refractivity contribution in [2.24, 2.45) is 4.99 Å². The zero-order valence-corrected chi connectivity index (χ0v) is 16.8. The third-order valence-corrected chi connectivity index (χ3v) is 4.66. The summed E-state index contributed by atoms with van der Waals surface area (Å²) in [5.41, 5.74) is 2.12. The number of aryl methyl sites for hydroxylation is 2. The molecule has 0 unspecified atom stereocenters. The molecular weight excluding hydrogens is 352 g/mol. The van der Waals surface area contributed by atoms with E-state index in [1.165, 1.54) is 5.39 Å². The average molecular weight is 380 g/mol. The SMILES string of the molecule is CCc1noc(CC)c1CNC(=NC)NCCOc1cccc2ccccc12. The van der Waals surface area contributed by atoms with Gasteiger partial charge in [0.2, 0.25) is 0 Å². The second kappa shape index (κ2) is 9.78. The Bertz CT molecular complexity index is 906. The Labute approximate surface area is 166 Å². The van der Waals surface area contributed by atoms with Gasteiger partial charge < -0.3 is 19.9 Å². The Kier molecular flexibility index (Phi) is 6.89. The summed E-state index contributed by atoms with van der Waals surface area (Å²) >= 11 is 0. The van der Waals surface area contributed by atoms with E-state index >= 15 is 0 Å². The Morgan fingerprint density at radius 3 is 2.68 bits per heavy atom. The quantitative estimate of drug-likeness (QED) is 0.354. The molecule has 3 aromatic rings. The normalized spacial score (nSPS) is 11.6. The predicted octanol–water partition coefficient (Wildman–Crippen LogP) is 3.70. The molecule has 6 nitrogen and oxygen atoms in total. The standard InChI is InChI=1S/C22H28N4O2/c1-4-19-18(20(5-2)28-26-19)15-25-22(23-3)24-13-14-27-21-12-8-10-16-9-6-7-11-17(16)21/h6-12H,4-5,13-15H2,1-3H3,(H2,23,24,25). The summed E-state index contributed by atoms with van der Waals surface area (Å²) in [4.78, 5) is 4.28. The number of nitrogens with zero attached hydrogens (tertiary/aromatic N) is 2. The van der Waals surface area contributed by atoms with Crippen LogP contribution in [0, 0.1) is 0 Å². The van der Waals surface area contributed by atoms with Crippen LogP contribution in [0.1, 0.15) is 30.9 Å². The van der Waals surface area contributed by atoms with Gasteiger partial charge in [0, 0.05) is 31.0 Å². The number of nitrogens with one attached hydrogen (secondary N) is 2. The van der Waals surface area contributed by atoms with Crippen molar-refractivity contribution in [3.8, 4) is 5.75 Å². The number of benzene rings is 2. The molecule has 0 atom stereocenters. The van der Waals surface area contributed by atoms with Crippen molar-refractivity contribution in [2.45, 2.75) is 33.2 Å². The highest BCUT2D eigenvalue weighted by atomic mass is 16.5. The Morgan fingerprint density at radius 2 is 1.89 bits per heavy atom. The van der Waals surface area contributed by atoms with E-state index < -0.39 is 0 Å². The summed E-state index contributed by atoms with van der Waals surface area (Å²) in [6.07, 6.45) is 1.68. The molecule has 28 heavy (non-hydrogen) atoms. The van der Waals surface area contributed by atoms with Crippen LogP contribution in [0.5, 0.6) is 5.75 Å². The molecule has 6 heteroatoms. The molecule has 3 rings (SSSR count). The van der Waals surface area contributed by atoms with Crippen molar-refractivity contribution in [2.75, 3.05) is 20.2 Å². The number of ether oxygens (including phenoxy) is 1. The lowest BCUT2D eigenvalue weighted by molar-refractivity contribution is 0.325. The van der Waals surface area contributed by atoms with E-state index in [9.17, 15) is 0 Å². The number of fused-ring (bicyclic) bond motifs is 1. The van der Waals surface area contributed by atoms with Gasteiger partial charge in [0.05, 0.1) is 12.2 Å². The van der Waals surface area contributed by atoms with Crippen LogP contribution in [0.25, 0.3) is 10.8 Å². The molecule has 2 N–H and O–H groups in total. The van der Waals surface area contributed by atoms with E-state index in [4.69, 9.17) is 9.26 Å². The fourth-order valence-corrected chi connectivity index (χ4v) is 3.18. The number of rotatable bonds is 8.